The summed E-state index contributed by atoms with van der Waals surface area (Å²) in [6.07, 6.45) is 0. The van der Waals surface area contributed by atoms with Crippen LogP contribution in [0, 0.1) is 11.6 Å². The van der Waals surface area contributed by atoms with Crippen molar-refractivity contribution in [3.63, 3.8) is 0 Å². The fourth-order valence-corrected chi connectivity index (χ4v) is 2.66. The first-order valence-electron chi connectivity index (χ1n) is 8.07. The number of benzene rings is 1. The van der Waals surface area contributed by atoms with E-state index in [0.717, 1.165) is 18.2 Å². The number of ether oxygens (including phenoxy) is 3. The molecule has 0 bridgehead atoms. The van der Waals surface area contributed by atoms with Gasteiger partial charge in [0, 0.05) is 12.6 Å². The number of carbonyl (C=O) groups excluding carboxylic acids is 2. The van der Waals surface area contributed by atoms with Crippen LogP contribution in [-0.4, -0.2) is 75.5 Å². The van der Waals surface area contributed by atoms with Gasteiger partial charge in [-0.15, -0.1) is 0 Å². The molecule has 1 amide bonds. The normalized spacial score (nSPS) is 20.5. The molecule has 1 heterocycles. The molecular weight excluding hydrogens is 350 g/mol. The highest BCUT2D eigenvalue weighted by molar-refractivity contribution is 5.83. The highest BCUT2D eigenvalue weighted by Gasteiger charge is 2.30. The van der Waals surface area contributed by atoms with Gasteiger partial charge in [0.1, 0.15) is 24.8 Å². The molecule has 1 aromatic rings. The summed E-state index contributed by atoms with van der Waals surface area (Å²) < 4.78 is 42.8. The van der Waals surface area contributed by atoms with Crippen LogP contribution in [0.3, 0.4) is 0 Å². The monoisotopic (exact) mass is 372 g/mol. The summed E-state index contributed by atoms with van der Waals surface area (Å²) in [5.41, 5.74) is 0.228. The molecule has 1 aliphatic heterocycles. The Balaban J connectivity index is 2.42. The molecule has 0 N–H and O–H groups in total. The van der Waals surface area contributed by atoms with Crippen LogP contribution in [0.4, 0.5) is 8.78 Å². The summed E-state index contributed by atoms with van der Waals surface area (Å²) in [6.45, 7) is 0.302. The van der Waals surface area contributed by atoms with Gasteiger partial charge in [-0.1, -0.05) is 0 Å². The highest BCUT2D eigenvalue weighted by atomic mass is 19.1. The first-order chi connectivity index (χ1) is 12.4. The maximum atomic E-state index is 13.7. The third kappa shape index (κ3) is 5.72. The van der Waals surface area contributed by atoms with Crippen LogP contribution in [0.2, 0.25) is 0 Å². The van der Waals surface area contributed by atoms with E-state index in [1.165, 1.54) is 12.0 Å². The van der Waals surface area contributed by atoms with E-state index < -0.39 is 29.6 Å². The van der Waals surface area contributed by atoms with Crippen molar-refractivity contribution in [3.05, 3.63) is 35.4 Å². The summed E-state index contributed by atoms with van der Waals surface area (Å²) in [5, 5.41) is 0. The van der Waals surface area contributed by atoms with Gasteiger partial charge in [0.15, 0.2) is 0 Å². The van der Waals surface area contributed by atoms with Crippen LogP contribution in [-0.2, 0) is 23.8 Å². The van der Waals surface area contributed by atoms with Gasteiger partial charge in [0.05, 0.1) is 33.1 Å². The fourth-order valence-electron chi connectivity index (χ4n) is 2.66. The Bertz CT molecular complexity index is 623. The predicted molar refractivity (Wildman–Crippen MR) is 87.1 cm³/mol. The number of rotatable bonds is 3. The molecule has 0 aromatic heterocycles. The first-order valence-corrected chi connectivity index (χ1v) is 8.07. The lowest BCUT2D eigenvalue weighted by atomic mass is 10.0. The van der Waals surface area contributed by atoms with Crippen molar-refractivity contribution in [2.45, 2.75) is 6.04 Å². The summed E-state index contributed by atoms with van der Waals surface area (Å²) in [6, 6.07) is 2.24. The van der Waals surface area contributed by atoms with Crippen molar-refractivity contribution in [3.8, 4) is 0 Å². The summed E-state index contributed by atoms with van der Waals surface area (Å²) in [7, 11) is 2.94. The lowest BCUT2D eigenvalue weighted by Crippen LogP contribution is -2.45. The van der Waals surface area contributed by atoms with E-state index >= 15 is 0 Å². The van der Waals surface area contributed by atoms with Gasteiger partial charge in [-0.3, -0.25) is 14.5 Å². The highest BCUT2D eigenvalue weighted by Crippen LogP contribution is 2.24. The molecule has 1 unspecified atom stereocenters. The van der Waals surface area contributed by atoms with Crippen molar-refractivity contribution in [1.29, 1.82) is 0 Å². The minimum absolute atomic E-state index is 0.200. The zero-order valence-corrected chi connectivity index (χ0v) is 14.7. The van der Waals surface area contributed by atoms with Crippen LogP contribution in [0.1, 0.15) is 11.6 Å². The Labute approximate surface area is 150 Å². The standard InChI is InChI=1S/C17H22F2N2O5/c1-20-8-15(12-5-13(18)7-14(19)6-12)21(9-17(23)24-2)16(22)10-25-3-4-26-11-20/h5-7,15H,3-4,8-11H2,1-2H3. The largest absolute Gasteiger partial charge is 0.468 e. The molecule has 1 aliphatic rings. The van der Waals surface area contributed by atoms with E-state index in [1.54, 1.807) is 11.9 Å². The maximum absolute atomic E-state index is 13.7. The van der Waals surface area contributed by atoms with Gasteiger partial charge in [-0.05, 0) is 24.7 Å². The van der Waals surface area contributed by atoms with Gasteiger partial charge in [-0.2, -0.15) is 0 Å². The number of carbonyl (C=O) groups is 2. The molecule has 0 spiro atoms. The van der Waals surface area contributed by atoms with E-state index in [2.05, 4.69) is 4.74 Å². The Hall–Kier alpha value is -2.10. The average molecular weight is 372 g/mol. The Kier molecular flexibility index (Phi) is 7.43. The van der Waals surface area contributed by atoms with Crippen LogP contribution < -0.4 is 0 Å². The SMILES string of the molecule is COC(=O)CN1C(=O)COCCOCN(C)CC1c1cc(F)cc(F)c1. The van der Waals surface area contributed by atoms with E-state index in [9.17, 15) is 18.4 Å². The molecular formula is C17H22F2N2O5. The molecule has 2 rings (SSSR count). The number of halogens is 2. The van der Waals surface area contributed by atoms with Crippen molar-refractivity contribution in [2.24, 2.45) is 0 Å². The number of hydrogen-bond donors (Lipinski definition) is 0. The van der Waals surface area contributed by atoms with Crippen LogP contribution in [0.15, 0.2) is 18.2 Å². The molecule has 0 saturated carbocycles. The quantitative estimate of drug-likeness (QED) is 0.736. The van der Waals surface area contributed by atoms with Gasteiger partial charge in [-0.25, -0.2) is 8.78 Å². The molecule has 26 heavy (non-hydrogen) atoms. The zero-order chi connectivity index (χ0) is 19.1. The molecule has 144 valence electrons. The van der Waals surface area contributed by atoms with E-state index in [4.69, 9.17) is 9.47 Å². The second-order valence-electron chi connectivity index (χ2n) is 5.94. The van der Waals surface area contributed by atoms with Crippen molar-refractivity contribution < 1.29 is 32.6 Å². The van der Waals surface area contributed by atoms with E-state index in [0.29, 0.717) is 6.61 Å². The fraction of sp³-hybridized carbons (Fsp3) is 0.529. The topological polar surface area (TPSA) is 68.3 Å². The summed E-state index contributed by atoms with van der Waals surface area (Å²) in [5.74, 6) is -2.67. The Morgan fingerprint density at radius 2 is 1.88 bits per heavy atom. The average Bonchev–Trinajstić information content (AvgIpc) is 2.61. The lowest BCUT2D eigenvalue weighted by molar-refractivity contribution is -0.150. The second-order valence-corrected chi connectivity index (χ2v) is 5.94. The minimum Gasteiger partial charge on any atom is -0.468 e. The maximum Gasteiger partial charge on any atom is 0.325 e. The van der Waals surface area contributed by atoms with Gasteiger partial charge < -0.3 is 19.1 Å². The number of likely N-dealkylation sites (N-methyl/N-ethyl adjacent to an activating group) is 1. The lowest BCUT2D eigenvalue weighted by Gasteiger charge is -2.33. The minimum atomic E-state index is -0.790. The van der Waals surface area contributed by atoms with Crippen LogP contribution in [0.25, 0.3) is 0 Å². The molecule has 0 radical (unpaired) electrons. The predicted octanol–water partition coefficient (Wildman–Crippen LogP) is 0.944. The van der Waals surface area contributed by atoms with E-state index in [-0.39, 0.29) is 38.6 Å². The van der Waals surface area contributed by atoms with Crippen LogP contribution >= 0.6 is 0 Å². The molecule has 1 saturated heterocycles. The first kappa shape index (κ1) is 20.2. The molecule has 1 atom stereocenters. The molecule has 1 fully saturated rings. The summed E-state index contributed by atoms with van der Waals surface area (Å²) >= 11 is 0. The number of nitrogens with zero attached hydrogens (tertiary/aromatic N) is 2. The van der Waals surface area contributed by atoms with Crippen molar-refractivity contribution in [1.82, 2.24) is 9.80 Å². The number of esters is 1. The third-order valence-corrected chi connectivity index (χ3v) is 3.89. The Morgan fingerprint density at radius 1 is 1.23 bits per heavy atom. The summed E-state index contributed by atoms with van der Waals surface area (Å²) in [4.78, 5) is 27.4. The number of amides is 1. The molecule has 9 heteroatoms. The van der Waals surface area contributed by atoms with Crippen molar-refractivity contribution >= 4 is 11.9 Å². The smallest absolute Gasteiger partial charge is 0.325 e. The van der Waals surface area contributed by atoms with Gasteiger partial charge in [0.2, 0.25) is 5.91 Å². The van der Waals surface area contributed by atoms with Gasteiger partial charge >= 0.3 is 5.97 Å². The van der Waals surface area contributed by atoms with Gasteiger partial charge in [0.25, 0.3) is 0 Å². The van der Waals surface area contributed by atoms with Crippen LogP contribution in [0.5, 0.6) is 0 Å². The van der Waals surface area contributed by atoms with E-state index in [1.807, 2.05) is 0 Å². The molecule has 7 nitrogen and oxygen atoms in total. The number of methoxy groups -OCH3 is 1. The molecule has 1 aromatic carbocycles. The second kappa shape index (κ2) is 9.56. The number of hydrogen-bond acceptors (Lipinski definition) is 6. The van der Waals surface area contributed by atoms with Crippen molar-refractivity contribution in [2.75, 3.05) is 53.8 Å². The third-order valence-electron chi connectivity index (χ3n) is 3.89. The molecule has 0 aliphatic carbocycles. The Morgan fingerprint density at radius 3 is 2.54 bits per heavy atom. The zero-order valence-electron chi connectivity index (χ0n) is 14.7.